The molecule has 3 aromatic carbocycles. The minimum absolute atomic E-state index is 0. The Morgan fingerprint density at radius 1 is 0.500 bits per heavy atom. The maximum atomic E-state index is 4.40. The SMILES string of the molecule is C.[Ir].[c-]1ccccc1-c1cc(-c2ccccc2)ccn1.[c-]1ccccc1-c1ccccn1. The van der Waals surface area contributed by atoms with Crippen LogP contribution >= 0.6 is 0 Å². The van der Waals surface area contributed by atoms with Gasteiger partial charge in [0.2, 0.25) is 0 Å². The third-order valence-electron chi connectivity index (χ3n) is 4.50. The molecule has 0 fully saturated rings. The van der Waals surface area contributed by atoms with Crippen LogP contribution in [0.15, 0.2) is 122 Å². The largest absolute Gasteiger partial charge is 0.305 e. The van der Waals surface area contributed by atoms with Gasteiger partial charge in [0.1, 0.15) is 0 Å². The standard InChI is InChI=1S/C17H12N.C11H8N.CH4.Ir/c1-3-7-14(8-4-1)16-11-12-18-17(13-16)15-9-5-2-6-10-15;1-2-6-10(7-3-1)11-8-4-5-9-12-11;;/h1-9,11-13H;1-6,8-9H;1H4;/q2*-1;;. The van der Waals surface area contributed by atoms with Crippen molar-refractivity contribution in [2.45, 2.75) is 7.43 Å². The molecule has 0 aliphatic rings. The number of benzene rings is 3. The summed E-state index contributed by atoms with van der Waals surface area (Å²) in [6.45, 7) is 0. The van der Waals surface area contributed by atoms with Gasteiger partial charge < -0.3 is 9.97 Å². The van der Waals surface area contributed by atoms with Gasteiger partial charge in [0, 0.05) is 32.5 Å². The number of hydrogen-bond donors (Lipinski definition) is 0. The molecular formula is C29H24IrN2-2. The fourth-order valence-electron chi connectivity index (χ4n) is 3.02. The van der Waals surface area contributed by atoms with Crippen LogP contribution in [0.2, 0.25) is 0 Å². The predicted octanol–water partition coefficient (Wildman–Crippen LogP) is 7.40. The molecule has 2 nitrogen and oxygen atoms in total. The monoisotopic (exact) mass is 593 g/mol. The molecule has 5 aromatic rings. The van der Waals surface area contributed by atoms with Gasteiger partial charge in [-0.05, 0) is 34.6 Å². The van der Waals surface area contributed by atoms with Crippen LogP contribution in [-0.2, 0) is 20.1 Å². The van der Waals surface area contributed by atoms with E-state index < -0.39 is 0 Å². The molecule has 0 bridgehead atoms. The second kappa shape index (κ2) is 13.1. The number of pyridine rings is 2. The molecule has 0 saturated heterocycles. The van der Waals surface area contributed by atoms with Crippen molar-refractivity contribution in [3.8, 4) is 33.6 Å². The minimum Gasteiger partial charge on any atom is -0.305 e. The van der Waals surface area contributed by atoms with Gasteiger partial charge in [-0.1, -0.05) is 56.0 Å². The molecule has 2 aromatic heterocycles. The zero-order valence-corrected chi connectivity index (χ0v) is 19.2. The fraction of sp³-hybridized carbons (Fsp3) is 0.0345. The van der Waals surface area contributed by atoms with Gasteiger partial charge in [-0.25, -0.2) is 0 Å². The van der Waals surface area contributed by atoms with E-state index in [1.54, 1.807) is 6.20 Å². The van der Waals surface area contributed by atoms with E-state index in [-0.39, 0.29) is 27.5 Å². The average molecular weight is 593 g/mol. The summed E-state index contributed by atoms with van der Waals surface area (Å²) in [5, 5.41) is 0. The molecule has 32 heavy (non-hydrogen) atoms. The van der Waals surface area contributed by atoms with Crippen molar-refractivity contribution in [1.82, 2.24) is 9.97 Å². The summed E-state index contributed by atoms with van der Waals surface area (Å²) in [4.78, 5) is 8.62. The topological polar surface area (TPSA) is 25.8 Å². The number of hydrogen-bond acceptors (Lipinski definition) is 2. The average Bonchev–Trinajstić information content (AvgIpc) is 2.87. The molecule has 2 heterocycles. The number of nitrogens with zero attached hydrogens (tertiary/aromatic N) is 2. The third kappa shape index (κ3) is 6.81. The molecule has 0 atom stereocenters. The Balaban J connectivity index is 0.000000229. The summed E-state index contributed by atoms with van der Waals surface area (Å²) in [6.07, 6.45) is 3.63. The van der Waals surface area contributed by atoms with Crippen LogP contribution in [-0.4, -0.2) is 9.97 Å². The summed E-state index contributed by atoms with van der Waals surface area (Å²) in [6, 6.07) is 42.4. The zero-order chi connectivity index (χ0) is 20.4. The molecule has 5 rings (SSSR count). The number of rotatable bonds is 3. The Kier molecular flexibility index (Phi) is 10.2. The summed E-state index contributed by atoms with van der Waals surface area (Å²) < 4.78 is 0. The van der Waals surface area contributed by atoms with Gasteiger partial charge in [0.05, 0.1) is 0 Å². The van der Waals surface area contributed by atoms with Crippen LogP contribution in [0.25, 0.3) is 33.6 Å². The van der Waals surface area contributed by atoms with Crippen molar-refractivity contribution in [3.63, 3.8) is 0 Å². The Morgan fingerprint density at radius 3 is 1.69 bits per heavy atom. The molecular weight excluding hydrogens is 569 g/mol. The molecule has 0 amide bonds. The quantitative estimate of drug-likeness (QED) is 0.204. The molecule has 0 aliphatic carbocycles. The Morgan fingerprint density at radius 2 is 1.09 bits per heavy atom. The van der Waals surface area contributed by atoms with Crippen molar-refractivity contribution in [3.05, 3.63) is 134 Å². The van der Waals surface area contributed by atoms with Crippen LogP contribution in [0.5, 0.6) is 0 Å². The molecule has 1 radical (unpaired) electrons. The van der Waals surface area contributed by atoms with E-state index in [9.17, 15) is 0 Å². The van der Waals surface area contributed by atoms with E-state index in [0.717, 1.165) is 22.5 Å². The second-order valence-electron chi connectivity index (χ2n) is 6.56. The van der Waals surface area contributed by atoms with E-state index in [0.29, 0.717) is 0 Å². The zero-order valence-electron chi connectivity index (χ0n) is 16.8. The minimum atomic E-state index is 0. The van der Waals surface area contributed by atoms with Gasteiger partial charge in [0.25, 0.3) is 0 Å². The van der Waals surface area contributed by atoms with Crippen molar-refractivity contribution in [2.24, 2.45) is 0 Å². The molecule has 0 spiro atoms. The first-order valence-corrected chi connectivity index (χ1v) is 9.77. The smallest absolute Gasteiger partial charge is 0.0166 e. The van der Waals surface area contributed by atoms with E-state index in [4.69, 9.17) is 0 Å². The molecule has 0 N–H and O–H groups in total. The predicted molar refractivity (Wildman–Crippen MR) is 129 cm³/mol. The van der Waals surface area contributed by atoms with E-state index in [1.807, 2.05) is 97.2 Å². The second-order valence-corrected chi connectivity index (χ2v) is 6.56. The van der Waals surface area contributed by atoms with E-state index in [1.165, 1.54) is 11.1 Å². The maximum Gasteiger partial charge on any atom is 0.0166 e. The third-order valence-corrected chi connectivity index (χ3v) is 4.50. The van der Waals surface area contributed by atoms with Crippen LogP contribution in [0.4, 0.5) is 0 Å². The van der Waals surface area contributed by atoms with Crippen molar-refractivity contribution in [2.75, 3.05) is 0 Å². The van der Waals surface area contributed by atoms with Gasteiger partial charge in [-0.3, -0.25) is 0 Å². The molecule has 0 unspecified atom stereocenters. The number of aromatic nitrogens is 2. The molecule has 3 heteroatoms. The maximum absolute atomic E-state index is 4.40. The van der Waals surface area contributed by atoms with Gasteiger partial charge in [-0.15, -0.1) is 71.8 Å². The van der Waals surface area contributed by atoms with E-state index >= 15 is 0 Å². The Hall–Kier alpha value is -3.39. The summed E-state index contributed by atoms with van der Waals surface area (Å²) in [5.74, 6) is 0. The van der Waals surface area contributed by atoms with Crippen LogP contribution < -0.4 is 0 Å². The van der Waals surface area contributed by atoms with Crippen molar-refractivity contribution in [1.29, 1.82) is 0 Å². The Bertz CT molecular complexity index is 1070. The van der Waals surface area contributed by atoms with Crippen molar-refractivity contribution >= 4 is 0 Å². The van der Waals surface area contributed by atoms with Gasteiger partial charge in [-0.2, -0.15) is 0 Å². The van der Waals surface area contributed by atoms with E-state index in [2.05, 4.69) is 40.3 Å². The first-order valence-electron chi connectivity index (χ1n) is 9.77. The molecule has 0 saturated carbocycles. The summed E-state index contributed by atoms with van der Waals surface area (Å²) >= 11 is 0. The fourth-order valence-corrected chi connectivity index (χ4v) is 3.02. The first kappa shape index (κ1) is 24.9. The van der Waals surface area contributed by atoms with Crippen LogP contribution in [0.1, 0.15) is 7.43 Å². The molecule has 0 aliphatic heterocycles. The summed E-state index contributed by atoms with van der Waals surface area (Å²) in [7, 11) is 0. The summed E-state index contributed by atoms with van der Waals surface area (Å²) in [5.41, 5.74) is 6.37. The van der Waals surface area contributed by atoms with Gasteiger partial charge in [0.15, 0.2) is 0 Å². The molecule has 161 valence electrons. The first-order chi connectivity index (χ1) is 14.9. The van der Waals surface area contributed by atoms with Crippen molar-refractivity contribution < 1.29 is 20.1 Å². The Labute approximate surface area is 204 Å². The van der Waals surface area contributed by atoms with Gasteiger partial charge >= 0.3 is 0 Å². The van der Waals surface area contributed by atoms with Crippen LogP contribution in [0.3, 0.4) is 0 Å². The normalized spacial score (nSPS) is 9.38. The van der Waals surface area contributed by atoms with Crippen LogP contribution in [0, 0.1) is 12.1 Å².